The number of halogens is 1. The van der Waals surface area contributed by atoms with Crippen molar-refractivity contribution < 1.29 is 9.47 Å². The Labute approximate surface area is 112 Å². The van der Waals surface area contributed by atoms with Gasteiger partial charge >= 0.3 is 0 Å². The number of piperidine rings is 1. The summed E-state index contributed by atoms with van der Waals surface area (Å²) in [5.74, 6) is 2.07. The smallest absolute Gasteiger partial charge is 0.231 e. The van der Waals surface area contributed by atoms with Gasteiger partial charge in [-0.25, -0.2) is 0 Å². The van der Waals surface area contributed by atoms with E-state index in [0.29, 0.717) is 5.92 Å². The summed E-state index contributed by atoms with van der Waals surface area (Å²) in [5.41, 5.74) is 2.55. The van der Waals surface area contributed by atoms with Crippen molar-refractivity contribution in [3.05, 3.63) is 22.2 Å². The Morgan fingerprint density at radius 1 is 1.44 bits per heavy atom. The second-order valence-corrected chi connectivity index (χ2v) is 5.27. The van der Waals surface area contributed by atoms with E-state index in [1.165, 1.54) is 24.0 Å². The lowest BCUT2D eigenvalue weighted by atomic mass is 9.87. The van der Waals surface area contributed by atoms with E-state index in [0.717, 1.165) is 36.0 Å². The van der Waals surface area contributed by atoms with Crippen molar-refractivity contribution >= 4 is 11.6 Å². The summed E-state index contributed by atoms with van der Waals surface area (Å²) >= 11 is 6.45. The molecule has 2 aliphatic rings. The second kappa shape index (κ2) is 4.98. The molecule has 1 saturated heterocycles. The Balaban J connectivity index is 2.04. The first-order valence-electron chi connectivity index (χ1n) is 6.62. The Hall–Kier alpha value is -0.930. The molecule has 1 aromatic carbocycles. The molecule has 1 aromatic rings. The molecule has 0 spiro atoms. The Morgan fingerprint density at radius 3 is 3.06 bits per heavy atom. The van der Waals surface area contributed by atoms with E-state index in [9.17, 15) is 0 Å². The van der Waals surface area contributed by atoms with Gasteiger partial charge in [-0.1, -0.05) is 18.5 Å². The SMILES string of the molecule is CCc1c(C2CCCNC2)cc2c(c1Cl)OCO2. The molecule has 2 aliphatic heterocycles. The average Bonchev–Trinajstić information content (AvgIpc) is 2.88. The van der Waals surface area contributed by atoms with Gasteiger partial charge in [0.15, 0.2) is 11.5 Å². The minimum atomic E-state index is 0.282. The zero-order chi connectivity index (χ0) is 12.5. The van der Waals surface area contributed by atoms with Gasteiger partial charge in [0.1, 0.15) is 0 Å². The molecule has 3 nitrogen and oxygen atoms in total. The highest BCUT2D eigenvalue weighted by Gasteiger charge is 2.26. The standard InChI is InChI=1S/C14H18ClNO2/c1-2-10-11(9-4-3-5-16-7-9)6-12-14(13(10)15)18-8-17-12/h6,9,16H,2-5,7-8H2,1H3. The summed E-state index contributed by atoms with van der Waals surface area (Å²) in [4.78, 5) is 0. The van der Waals surface area contributed by atoms with Gasteiger partial charge in [-0.3, -0.25) is 0 Å². The Bertz CT molecular complexity index is 456. The van der Waals surface area contributed by atoms with Crippen LogP contribution in [0, 0.1) is 0 Å². The Morgan fingerprint density at radius 2 is 2.33 bits per heavy atom. The highest BCUT2D eigenvalue weighted by Crippen LogP contribution is 2.45. The molecular formula is C14H18ClNO2. The van der Waals surface area contributed by atoms with E-state index >= 15 is 0 Å². The fraction of sp³-hybridized carbons (Fsp3) is 0.571. The average molecular weight is 268 g/mol. The van der Waals surface area contributed by atoms with E-state index in [1.54, 1.807) is 0 Å². The van der Waals surface area contributed by atoms with Gasteiger partial charge in [-0.2, -0.15) is 0 Å². The maximum atomic E-state index is 6.45. The number of fused-ring (bicyclic) bond motifs is 1. The minimum absolute atomic E-state index is 0.282. The summed E-state index contributed by atoms with van der Waals surface area (Å²) in [5, 5.41) is 4.20. The lowest BCUT2D eigenvalue weighted by Crippen LogP contribution is -2.28. The molecule has 1 fully saturated rings. The molecule has 2 heterocycles. The lowest BCUT2D eigenvalue weighted by Gasteiger charge is -2.26. The van der Waals surface area contributed by atoms with E-state index in [-0.39, 0.29) is 6.79 Å². The molecule has 0 bridgehead atoms. The van der Waals surface area contributed by atoms with Gasteiger partial charge in [0.05, 0.1) is 5.02 Å². The lowest BCUT2D eigenvalue weighted by molar-refractivity contribution is 0.174. The zero-order valence-corrected chi connectivity index (χ0v) is 11.3. The molecule has 98 valence electrons. The molecule has 18 heavy (non-hydrogen) atoms. The van der Waals surface area contributed by atoms with Crippen LogP contribution in [0.1, 0.15) is 36.8 Å². The first kappa shape index (κ1) is 12.1. The largest absolute Gasteiger partial charge is 0.454 e. The van der Waals surface area contributed by atoms with Crippen molar-refractivity contribution in [2.45, 2.75) is 32.1 Å². The first-order chi connectivity index (χ1) is 8.81. The van der Waals surface area contributed by atoms with E-state index in [2.05, 4.69) is 18.3 Å². The van der Waals surface area contributed by atoms with E-state index in [1.807, 2.05) is 0 Å². The molecule has 1 unspecified atom stereocenters. The maximum absolute atomic E-state index is 6.45. The molecule has 4 heteroatoms. The highest BCUT2D eigenvalue weighted by atomic mass is 35.5. The van der Waals surface area contributed by atoms with E-state index in [4.69, 9.17) is 21.1 Å². The van der Waals surface area contributed by atoms with Crippen molar-refractivity contribution in [3.8, 4) is 11.5 Å². The maximum Gasteiger partial charge on any atom is 0.231 e. The van der Waals surface area contributed by atoms with Crippen LogP contribution in [0.4, 0.5) is 0 Å². The van der Waals surface area contributed by atoms with Crippen LogP contribution in [-0.2, 0) is 6.42 Å². The summed E-state index contributed by atoms with van der Waals surface area (Å²) in [6.07, 6.45) is 3.37. The number of rotatable bonds is 2. The summed E-state index contributed by atoms with van der Waals surface area (Å²) in [6.45, 7) is 4.58. The molecule has 1 N–H and O–H groups in total. The van der Waals surface area contributed by atoms with Crippen molar-refractivity contribution in [2.75, 3.05) is 19.9 Å². The summed E-state index contributed by atoms with van der Waals surface area (Å²) in [7, 11) is 0. The number of hydrogen-bond donors (Lipinski definition) is 1. The van der Waals surface area contributed by atoms with Gasteiger partial charge in [0.25, 0.3) is 0 Å². The van der Waals surface area contributed by atoms with Crippen LogP contribution >= 0.6 is 11.6 Å². The molecule has 3 rings (SSSR count). The fourth-order valence-corrected chi connectivity index (χ4v) is 3.29. The van der Waals surface area contributed by atoms with Crippen molar-refractivity contribution in [1.29, 1.82) is 0 Å². The Kier molecular flexibility index (Phi) is 3.35. The second-order valence-electron chi connectivity index (χ2n) is 4.89. The summed E-state index contributed by atoms with van der Waals surface area (Å²) < 4.78 is 10.9. The van der Waals surface area contributed by atoms with Crippen LogP contribution in [0.2, 0.25) is 5.02 Å². The van der Waals surface area contributed by atoms with Gasteiger partial charge < -0.3 is 14.8 Å². The molecule has 0 amide bonds. The normalized spacial score (nSPS) is 22.2. The number of hydrogen-bond acceptors (Lipinski definition) is 3. The van der Waals surface area contributed by atoms with Crippen molar-refractivity contribution in [1.82, 2.24) is 5.32 Å². The third-order valence-electron chi connectivity index (χ3n) is 3.83. The van der Waals surface area contributed by atoms with Gasteiger partial charge in [0, 0.05) is 6.54 Å². The van der Waals surface area contributed by atoms with Crippen LogP contribution < -0.4 is 14.8 Å². The number of nitrogens with one attached hydrogen (secondary N) is 1. The van der Waals surface area contributed by atoms with Crippen LogP contribution in [0.5, 0.6) is 11.5 Å². The predicted octanol–water partition coefficient (Wildman–Crippen LogP) is 3.10. The number of ether oxygens (including phenoxy) is 2. The van der Waals surface area contributed by atoms with Gasteiger partial charge in [-0.15, -0.1) is 0 Å². The van der Waals surface area contributed by atoms with Crippen LogP contribution in [-0.4, -0.2) is 19.9 Å². The molecule has 1 atom stereocenters. The third kappa shape index (κ3) is 1.95. The number of benzene rings is 1. The first-order valence-corrected chi connectivity index (χ1v) is 7.00. The van der Waals surface area contributed by atoms with Crippen LogP contribution in [0.3, 0.4) is 0 Å². The third-order valence-corrected chi connectivity index (χ3v) is 4.23. The molecule has 0 saturated carbocycles. The van der Waals surface area contributed by atoms with Gasteiger partial charge in [-0.05, 0) is 48.9 Å². The van der Waals surface area contributed by atoms with Crippen LogP contribution in [0.25, 0.3) is 0 Å². The van der Waals surface area contributed by atoms with E-state index < -0.39 is 0 Å². The molecule has 0 radical (unpaired) electrons. The molecule has 0 aromatic heterocycles. The van der Waals surface area contributed by atoms with Gasteiger partial charge in [0.2, 0.25) is 6.79 Å². The van der Waals surface area contributed by atoms with Crippen molar-refractivity contribution in [2.24, 2.45) is 0 Å². The quantitative estimate of drug-likeness (QED) is 0.893. The predicted molar refractivity (Wildman–Crippen MR) is 71.8 cm³/mol. The van der Waals surface area contributed by atoms with Crippen molar-refractivity contribution in [3.63, 3.8) is 0 Å². The molecule has 0 aliphatic carbocycles. The van der Waals surface area contributed by atoms with Crippen LogP contribution in [0.15, 0.2) is 6.07 Å². The fourth-order valence-electron chi connectivity index (χ4n) is 2.90. The zero-order valence-electron chi connectivity index (χ0n) is 10.6. The summed E-state index contributed by atoms with van der Waals surface area (Å²) in [6, 6.07) is 2.13. The molecular weight excluding hydrogens is 250 g/mol. The topological polar surface area (TPSA) is 30.5 Å². The monoisotopic (exact) mass is 267 g/mol. The minimum Gasteiger partial charge on any atom is -0.454 e. The highest BCUT2D eigenvalue weighted by molar-refractivity contribution is 6.33.